The summed E-state index contributed by atoms with van der Waals surface area (Å²) in [7, 11) is 0. The lowest BCUT2D eigenvalue weighted by Crippen LogP contribution is -2.34. The number of carbonyl (C=O) groups excluding carboxylic acids is 1. The summed E-state index contributed by atoms with van der Waals surface area (Å²) < 4.78 is 0. The van der Waals surface area contributed by atoms with Gasteiger partial charge in [-0.15, -0.1) is 0 Å². The van der Waals surface area contributed by atoms with Gasteiger partial charge in [0.15, 0.2) is 5.78 Å². The molecule has 2 saturated carbocycles. The Labute approximate surface area is 143 Å². The monoisotopic (exact) mass is 370 g/mol. The van der Waals surface area contributed by atoms with Gasteiger partial charge < -0.3 is 5.11 Å². The van der Waals surface area contributed by atoms with Crippen LogP contribution in [-0.4, -0.2) is 16.5 Å². The molecule has 0 spiro atoms. The van der Waals surface area contributed by atoms with Crippen LogP contribution in [0.3, 0.4) is 0 Å². The minimum absolute atomic E-state index is 0.111. The summed E-state index contributed by atoms with van der Waals surface area (Å²) in [6, 6.07) is 0. The molecule has 0 radical (unpaired) electrons. The highest BCUT2D eigenvalue weighted by molar-refractivity contribution is 9.11. The van der Waals surface area contributed by atoms with Crippen molar-refractivity contribution in [3.8, 4) is 0 Å². The Hall–Kier alpha value is -0.150. The minimum Gasteiger partial charge on any atom is -0.382 e. The normalized spacial score (nSPS) is 36.1. The zero-order valence-corrected chi connectivity index (χ0v) is 15.9. The highest BCUT2D eigenvalue weighted by Crippen LogP contribution is 2.58. The Morgan fingerprint density at radius 3 is 2.82 bits per heavy atom. The number of Topliss-reactive ketones (excluding diaryl/α,β-unsaturated/α-hetero) is 1. The van der Waals surface area contributed by atoms with Crippen LogP contribution >= 0.6 is 15.9 Å². The van der Waals surface area contributed by atoms with E-state index in [1.54, 1.807) is 12.5 Å². The molecule has 0 amide bonds. The number of allylic oxidation sites excluding steroid dienone is 1. The molecule has 2 aliphatic carbocycles. The quantitative estimate of drug-likeness (QED) is 0.637. The van der Waals surface area contributed by atoms with Crippen LogP contribution in [0.4, 0.5) is 0 Å². The summed E-state index contributed by atoms with van der Waals surface area (Å²) in [5.41, 5.74) is 0.968. The van der Waals surface area contributed by atoms with Gasteiger partial charge in [0.25, 0.3) is 0 Å². The number of hydrogen-bond donors (Lipinski definition) is 1. The van der Waals surface area contributed by atoms with Gasteiger partial charge in [0, 0.05) is 0 Å². The van der Waals surface area contributed by atoms with Crippen molar-refractivity contribution in [2.75, 3.05) is 0 Å². The molecule has 4 unspecified atom stereocenters. The van der Waals surface area contributed by atoms with Gasteiger partial charge in [-0.1, -0.05) is 41.3 Å². The smallest absolute Gasteiger partial charge is 0.160 e. The number of aliphatic hydroxyl groups is 1. The van der Waals surface area contributed by atoms with E-state index in [9.17, 15) is 9.90 Å². The van der Waals surface area contributed by atoms with E-state index < -0.39 is 5.60 Å². The Morgan fingerprint density at radius 1 is 1.45 bits per heavy atom. The van der Waals surface area contributed by atoms with Gasteiger partial charge in [0.05, 0.1) is 0 Å². The summed E-state index contributed by atoms with van der Waals surface area (Å²) in [4.78, 5) is 13.5. The molecule has 0 saturated heterocycles. The molecule has 0 bridgehead atoms. The van der Waals surface area contributed by atoms with Crippen molar-refractivity contribution < 1.29 is 9.90 Å². The predicted molar refractivity (Wildman–Crippen MR) is 95.0 cm³/mol. The molecule has 2 nitrogen and oxygen atoms in total. The van der Waals surface area contributed by atoms with Gasteiger partial charge in [-0.2, -0.15) is 0 Å². The number of halogens is 1. The van der Waals surface area contributed by atoms with E-state index in [2.05, 4.69) is 27.8 Å². The lowest BCUT2D eigenvalue weighted by atomic mass is 9.63. The fourth-order valence-corrected chi connectivity index (χ4v) is 5.34. The van der Waals surface area contributed by atoms with Crippen LogP contribution in [0.1, 0.15) is 78.6 Å². The molecule has 3 heteroatoms. The number of carbonyl (C=O) groups is 1. The van der Waals surface area contributed by atoms with E-state index in [0.717, 1.165) is 24.7 Å². The first-order valence-corrected chi connectivity index (χ1v) is 9.75. The van der Waals surface area contributed by atoms with Crippen molar-refractivity contribution in [3.63, 3.8) is 0 Å². The summed E-state index contributed by atoms with van der Waals surface area (Å²) in [6.07, 6.45) is 10.5. The highest BCUT2D eigenvalue weighted by Gasteiger charge is 2.48. The molecule has 0 aromatic carbocycles. The van der Waals surface area contributed by atoms with Crippen molar-refractivity contribution >= 4 is 21.7 Å². The summed E-state index contributed by atoms with van der Waals surface area (Å²) in [5.74, 6) is 1.47. The third kappa shape index (κ3) is 3.67. The molecule has 2 aliphatic rings. The molecule has 2 rings (SSSR count). The van der Waals surface area contributed by atoms with Gasteiger partial charge in [0.2, 0.25) is 0 Å². The average Bonchev–Trinajstić information content (AvgIpc) is 2.80. The van der Waals surface area contributed by atoms with Gasteiger partial charge in [0.1, 0.15) is 5.60 Å². The van der Waals surface area contributed by atoms with E-state index in [0.29, 0.717) is 11.8 Å². The lowest BCUT2D eigenvalue weighted by molar-refractivity contribution is -0.134. The molecule has 0 heterocycles. The maximum absolute atomic E-state index is 11.4. The van der Waals surface area contributed by atoms with E-state index in [1.807, 2.05) is 0 Å². The van der Waals surface area contributed by atoms with Crippen LogP contribution in [0.5, 0.6) is 0 Å². The molecule has 2 fully saturated rings. The standard InChI is InChI=1S/C19H31BrO2/c1-14(21)19(3,22)12-5-4-8-16-9-10-17-15(13-20)7-6-11-18(16,17)2/h13,16-17,22H,4-12H2,1-3H3/b15-13+. The molecule has 0 aromatic rings. The number of fused-ring (bicyclic) bond motifs is 1. The van der Waals surface area contributed by atoms with E-state index in [1.165, 1.54) is 45.4 Å². The first-order valence-electron chi connectivity index (χ1n) is 8.84. The number of ketones is 1. The zero-order chi connectivity index (χ0) is 16.4. The fourth-order valence-electron chi connectivity index (χ4n) is 4.79. The second-order valence-corrected chi connectivity index (χ2v) is 8.40. The molecule has 126 valence electrons. The van der Waals surface area contributed by atoms with Crippen molar-refractivity contribution in [1.82, 2.24) is 0 Å². The van der Waals surface area contributed by atoms with Gasteiger partial charge in [-0.05, 0) is 81.0 Å². The summed E-state index contributed by atoms with van der Waals surface area (Å²) in [6.45, 7) is 5.63. The third-order valence-corrected chi connectivity index (χ3v) is 7.11. The predicted octanol–water partition coefficient (Wildman–Crippen LogP) is 5.38. The average molecular weight is 371 g/mol. The van der Waals surface area contributed by atoms with Crippen molar-refractivity contribution in [1.29, 1.82) is 0 Å². The van der Waals surface area contributed by atoms with E-state index in [-0.39, 0.29) is 5.78 Å². The van der Waals surface area contributed by atoms with Crippen LogP contribution in [0.2, 0.25) is 0 Å². The Morgan fingerprint density at radius 2 is 2.18 bits per heavy atom. The van der Waals surface area contributed by atoms with Crippen LogP contribution in [0, 0.1) is 17.3 Å². The molecule has 1 N–H and O–H groups in total. The summed E-state index contributed by atoms with van der Waals surface area (Å²) >= 11 is 3.57. The summed E-state index contributed by atoms with van der Waals surface area (Å²) in [5, 5.41) is 10.0. The van der Waals surface area contributed by atoms with Crippen LogP contribution in [0.25, 0.3) is 0 Å². The molecule has 22 heavy (non-hydrogen) atoms. The van der Waals surface area contributed by atoms with Gasteiger partial charge >= 0.3 is 0 Å². The lowest BCUT2D eigenvalue weighted by Gasteiger charge is -2.42. The number of rotatable bonds is 6. The molecular weight excluding hydrogens is 340 g/mol. The van der Waals surface area contributed by atoms with E-state index >= 15 is 0 Å². The van der Waals surface area contributed by atoms with Crippen molar-refractivity contribution in [3.05, 3.63) is 10.6 Å². The minimum atomic E-state index is -1.13. The van der Waals surface area contributed by atoms with Crippen molar-refractivity contribution in [2.24, 2.45) is 17.3 Å². The van der Waals surface area contributed by atoms with Crippen LogP contribution in [0.15, 0.2) is 10.6 Å². The maximum Gasteiger partial charge on any atom is 0.160 e. The second kappa shape index (κ2) is 7.17. The molecule has 0 aliphatic heterocycles. The van der Waals surface area contributed by atoms with Gasteiger partial charge in [-0.25, -0.2) is 0 Å². The third-order valence-electron chi connectivity index (χ3n) is 6.53. The highest BCUT2D eigenvalue weighted by atomic mass is 79.9. The second-order valence-electron chi connectivity index (χ2n) is 7.95. The molecular formula is C19H31BrO2. The first kappa shape index (κ1) is 18.2. The number of hydrogen-bond acceptors (Lipinski definition) is 2. The fraction of sp³-hybridized carbons (Fsp3) is 0.842. The molecule has 0 aromatic heterocycles. The van der Waals surface area contributed by atoms with Crippen molar-refractivity contribution in [2.45, 2.75) is 84.2 Å². The van der Waals surface area contributed by atoms with E-state index in [4.69, 9.17) is 0 Å². The van der Waals surface area contributed by atoms with Gasteiger partial charge in [-0.3, -0.25) is 4.79 Å². The largest absolute Gasteiger partial charge is 0.382 e. The zero-order valence-electron chi connectivity index (χ0n) is 14.3. The number of unbranched alkanes of at least 4 members (excludes halogenated alkanes) is 1. The topological polar surface area (TPSA) is 37.3 Å². The Bertz CT molecular complexity index is 441. The SMILES string of the molecule is CC(=O)C(C)(O)CCCCC1CCC2/C(=C/Br)CCCC12C. The Kier molecular flexibility index (Phi) is 5.93. The first-order chi connectivity index (χ1) is 10.3. The Balaban J connectivity index is 1.86. The van der Waals surface area contributed by atoms with Crippen LogP contribution in [-0.2, 0) is 4.79 Å². The molecule has 4 atom stereocenters. The maximum atomic E-state index is 11.4. The van der Waals surface area contributed by atoms with Crippen LogP contribution < -0.4 is 0 Å².